The van der Waals surface area contributed by atoms with E-state index in [2.05, 4.69) is 11.9 Å². The molecule has 0 aromatic heterocycles. The lowest BCUT2D eigenvalue weighted by molar-refractivity contribution is -0.133. The van der Waals surface area contributed by atoms with E-state index in [9.17, 15) is 4.79 Å². The van der Waals surface area contributed by atoms with Crippen LogP contribution in [0, 0.1) is 0 Å². The van der Waals surface area contributed by atoms with Crippen molar-refractivity contribution >= 4 is 5.91 Å². The highest BCUT2D eigenvalue weighted by molar-refractivity contribution is 5.77. The minimum absolute atomic E-state index is 0.171. The first-order valence-electron chi connectivity index (χ1n) is 6.34. The number of carbonyl (C=O) groups is 1. The van der Waals surface area contributed by atoms with Crippen molar-refractivity contribution in [3.63, 3.8) is 0 Å². The van der Waals surface area contributed by atoms with Gasteiger partial charge in [0.1, 0.15) is 0 Å². The van der Waals surface area contributed by atoms with Gasteiger partial charge in [-0.25, -0.2) is 0 Å². The van der Waals surface area contributed by atoms with Crippen molar-refractivity contribution in [1.29, 1.82) is 0 Å². The van der Waals surface area contributed by atoms with E-state index in [4.69, 9.17) is 5.73 Å². The minimum atomic E-state index is -0.171. The lowest BCUT2D eigenvalue weighted by Crippen LogP contribution is -2.51. The Kier molecular flexibility index (Phi) is 3.50. The average molecular weight is 225 g/mol. The molecule has 1 saturated carbocycles. The summed E-state index contributed by atoms with van der Waals surface area (Å²) >= 11 is 0. The van der Waals surface area contributed by atoms with Crippen LogP contribution in [0.1, 0.15) is 32.1 Å². The van der Waals surface area contributed by atoms with Gasteiger partial charge in [0, 0.05) is 31.6 Å². The van der Waals surface area contributed by atoms with Crippen LogP contribution in [0.15, 0.2) is 0 Å². The molecule has 2 N–H and O–H groups in total. The molecular formula is C12H23N3O. The Morgan fingerprint density at radius 1 is 1.19 bits per heavy atom. The molecule has 16 heavy (non-hydrogen) atoms. The van der Waals surface area contributed by atoms with Gasteiger partial charge in [0.25, 0.3) is 0 Å². The van der Waals surface area contributed by atoms with Crippen molar-refractivity contribution in [3.05, 3.63) is 0 Å². The molecule has 0 bridgehead atoms. The molecule has 0 spiro atoms. The number of carbonyl (C=O) groups excluding carboxylic acids is 1. The molecule has 0 atom stereocenters. The van der Waals surface area contributed by atoms with Crippen LogP contribution in [0.3, 0.4) is 0 Å². The van der Waals surface area contributed by atoms with E-state index >= 15 is 0 Å². The van der Waals surface area contributed by atoms with E-state index in [0.29, 0.717) is 6.42 Å². The molecule has 2 aliphatic rings. The summed E-state index contributed by atoms with van der Waals surface area (Å²) in [6, 6.07) is 0. The van der Waals surface area contributed by atoms with E-state index in [-0.39, 0.29) is 11.4 Å². The van der Waals surface area contributed by atoms with E-state index in [1.807, 2.05) is 4.90 Å². The molecule has 0 aromatic carbocycles. The van der Waals surface area contributed by atoms with Crippen LogP contribution in [0.2, 0.25) is 0 Å². The number of nitrogens with zero attached hydrogens (tertiary/aromatic N) is 2. The molecule has 1 heterocycles. The number of nitrogens with two attached hydrogens (primary N) is 1. The first kappa shape index (κ1) is 11.9. The van der Waals surface area contributed by atoms with Crippen LogP contribution in [0.4, 0.5) is 0 Å². The van der Waals surface area contributed by atoms with Crippen LogP contribution >= 0.6 is 0 Å². The molecule has 0 unspecified atom stereocenters. The summed E-state index contributed by atoms with van der Waals surface area (Å²) in [6.45, 7) is 3.85. The number of likely N-dealkylation sites (N-methyl/N-ethyl adjacent to an activating group) is 1. The molecular weight excluding hydrogens is 202 g/mol. The summed E-state index contributed by atoms with van der Waals surface area (Å²) < 4.78 is 0. The third-order valence-corrected chi connectivity index (χ3v) is 3.92. The van der Waals surface area contributed by atoms with Gasteiger partial charge in [-0.2, -0.15) is 0 Å². The van der Waals surface area contributed by atoms with Crippen molar-refractivity contribution in [1.82, 2.24) is 9.80 Å². The van der Waals surface area contributed by atoms with Gasteiger partial charge in [-0.05, 0) is 39.3 Å². The van der Waals surface area contributed by atoms with E-state index in [0.717, 1.165) is 45.4 Å². The fourth-order valence-corrected chi connectivity index (χ4v) is 2.52. The lowest BCUT2D eigenvalue weighted by Gasteiger charge is -2.38. The zero-order chi connectivity index (χ0) is 11.6. The highest BCUT2D eigenvalue weighted by atomic mass is 16.2. The molecule has 0 aromatic rings. The van der Waals surface area contributed by atoms with Gasteiger partial charge in [-0.15, -0.1) is 0 Å². The van der Waals surface area contributed by atoms with Gasteiger partial charge in [0.2, 0.25) is 5.91 Å². The van der Waals surface area contributed by atoms with Crippen molar-refractivity contribution in [3.8, 4) is 0 Å². The van der Waals surface area contributed by atoms with Gasteiger partial charge in [0.05, 0.1) is 0 Å². The van der Waals surface area contributed by atoms with Crippen molar-refractivity contribution < 1.29 is 4.79 Å². The van der Waals surface area contributed by atoms with Crippen LogP contribution in [-0.2, 0) is 4.79 Å². The molecule has 2 rings (SSSR count). The maximum atomic E-state index is 12.1. The normalized spacial score (nSPS) is 26.0. The standard InChI is InChI=1S/C12H23N3O/c1-14-6-3-7-15(9-8-14)11(16)10-12(13)4-2-5-12/h2-10,13H2,1H3. The number of hydrogen-bond acceptors (Lipinski definition) is 3. The Labute approximate surface area is 97.8 Å². The second-order valence-electron chi connectivity index (χ2n) is 5.43. The summed E-state index contributed by atoms with van der Waals surface area (Å²) in [5.41, 5.74) is 5.95. The highest BCUT2D eigenvalue weighted by Gasteiger charge is 2.36. The van der Waals surface area contributed by atoms with Gasteiger partial charge in [-0.3, -0.25) is 4.79 Å². The molecule has 1 aliphatic carbocycles. The van der Waals surface area contributed by atoms with E-state index in [1.54, 1.807) is 0 Å². The fraction of sp³-hybridized carbons (Fsp3) is 0.917. The fourth-order valence-electron chi connectivity index (χ4n) is 2.52. The zero-order valence-corrected chi connectivity index (χ0v) is 10.2. The second-order valence-corrected chi connectivity index (χ2v) is 5.43. The summed E-state index contributed by atoms with van der Waals surface area (Å²) in [4.78, 5) is 16.4. The molecule has 4 nitrogen and oxygen atoms in total. The maximum absolute atomic E-state index is 12.1. The minimum Gasteiger partial charge on any atom is -0.341 e. The Hall–Kier alpha value is -0.610. The van der Waals surface area contributed by atoms with Crippen LogP contribution in [-0.4, -0.2) is 54.5 Å². The summed E-state index contributed by atoms with van der Waals surface area (Å²) in [7, 11) is 2.12. The molecule has 1 saturated heterocycles. The summed E-state index contributed by atoms with van der Waals surface area (Å²) in [5.74, 6) is 0.262. The topological polar surface area (TPSA) is 49.6 Å². The molecule has 2 fully saturated rings. The van der Waals surface area contributed by atoms with Crippen LogP contribution < -0.4 is 5.73 Å². The first-order chi connectivity index (χ1) is 7.59. The summed E-state index contributed by atoms with van der Waals surface area (Å²) in [5, 5.41) is 0. The number of amides is 1. The van der Waals surface area contributed by atoms with Crippen molar-refractivity contribution in [2.24, 2.45) is 5.73 Å². The van der Waals surface area contributed by atoms with E-state index in [1.165, 1.54) is 6.42 Å². The second kappa shape index (κ2) is 4.72. The van der Waals surface area contributed by atoms with Crippen molar-refractivity contribution in [2.45, 2.75) is 37.6 Å². The smallest absolute Gasteiger partial charge is 0.224 e. The molecule has 4 heteroatoms. The largest absolute Gasteiger partial charge is 0.341 e. The average Bonchev–Trinajstić information content (AvgIpc) is 2.40. The van der Waals surface area contributed by atoms with Gasteiger partial charge in [-0.1, -0.05) is 0 Å². The first-order valence-corrected chi connectivity index (χ1v) is 6.34. The molecule has 0 radical (unpaired) electrons. The van der Waals surface area contributed by atoms with Gasteiger partial charge in [0.15, 0.2) is 0 Å². The third-order valence-electron chi connectivity index (χ3n) is 3.92. The molecule has 1 aliphatic heterocycles. The summed E-state index contributed by atoms with van der Waals surface area (Å²) in [6.07, 6.45) is 4.86. The Morgan fingerprint density at radius 3 is 2.56 bits per heavy atom. The number of hydrogen-bond donors (Lipinski definition) is 1. The number of rotatable bonds is 2. The Morgan fingerprint density at radius 2 is 1.94 bits per heavy atom. The molecule has 92 valence electrons. The maximum Gasteiger partial charge on any atom is 0.224 e. The highest BCUT2D eigenvalue weighted by Crippen LogP contribution is 2.32. The SMILES string of the molecule is CN1CCCN(C(=O)CC2(N)CCC2)CC1. The van der Waals surface area contributed by atoms with Crippen LogP contribution in [0.25, 0.3) is 0 Å². The van der Waals surface area contributed by atoms with Gasteiger partial charge >= 0.3 is 0 Å². The van der Waals surface area contributed by atoms with Gasteiger partial charge < -0.3 is 15.5 Å². The quantitative estimate of drug-likeness (QED) is 0.741. The predicted octanol–water partition coefficient (Wildman–Crippen LogP) is 0.422. The predicted molar refractivity (Wildman–Crippen MR) is 64.1 cm³/mol. The molecule has 1 amide bonds. The van der Waals surface area contributed by atoms with E-state index < -0.39 is 0 Å². The Bertz CT molecular complexity index is 263. The lowest BCUT2D eigenvalue weighted by atomic mass is 9.75. The Balaban J connectivity index is 1.84. The zero-order valence-electron chi connectivity index (χ0n) is 10.2. The van der Waals surface area contributed by atoms with Crippen molar-refractivity contribution in [2.75, 3.05) is 33.2 Å². The monoisotopic (exact) mass is 225 g/mol. The van der Waals surface area contributed by atoms with Crippen LogP contribution in [0.5, 0.6) is 0 Å². The third kappa shape index (κ3) is 2.74.